The lowest BCUT2D eigenvalue weighted by Gasteiger charge is -2.08. The number of carbonyl (C=O) groups is 1. The molecule has 2 N–H and O–H groups in total. The summed E-state index contributed by atoms with van der Waals surface area (Å²) in [4.78, 5) is 25.2. The highest BCUT2D eigenvalue weighted by atomic mass is 16.5. The van der Waals surface area contributed by atoms with Crippen LogP contribution < -0.4 is 15.4 Å². The zero-order chi connectivity index (χ0) is 19.2. The van der Waals surface area contributed by atoms with Gasteiger partial charge in [0.25, 0.3) is 0 Å². The standard InChI is InChI=1S/C20H23N5O2/c1-13-9-14(2)24-20(23-13)21-8-4-5-19(26)25-16-10-15-6-7-17(27-3)11-18(15)22-12-16/h6-7,9-12H,4-5,8H2,1-3H3,(H,25,26)(H,21,23,24). The Hall–Kier alpha value is -3.22. The zero-order valence-electron chi connectivity index (χ0n) is 15.7. The van der Waals surface area contributed by atoms with Crippen LogP contribution in [-0.2, 0) is 4.79 Å². The summed E-state index contributed by atoms with van der Waals surface area (Å²) in [6, 6.07) is 9.48. The van der Waals surface area contributed by atoms with Gasteiger partial charge in [0.05, 0.1) is 24.5 Å². The first-order valence-corrected chi connectivity index (χ1v) is 8.83. The van der Waals surface area contributed by atoms with Crippen molar-refractivity contribution < 1.29 is 9.53 Å². The molecule has 0 fully saturated rings. The van der Waals surface area contributed by atoms with Crippen LogP contribution in [0, 0.1) is 13.8 Å². The summed E-state index contributed by atoms with van der Waals surface area (Å²) in [5.74, 6) is 1.31. The summed E-state index contributed by atoms with van der Waals surface area (Å²) in [5.41, 5.74) is 3.35. The predicted molar refractivity (Wildman–Crippen MR) is 106 cm³/mol. The van der Waals surface area contributed by atoms with Crippen molar-refractivity contribution in [3.63, 3.8) is 0 Å². The van der Waals surface area contributed by atoms with Crippen LogP contribution in [0.25, 0.3) is 10.9 Å². The molecule has 0 saturated carbocycles. The molecule has 0 spiro atoms. The molecule has 7 heteroatoms. The van der Waals surface area contributed by atoms with E-state index < -0.39 is 0 Å². The number of rotatable bonds is 7. The van der Waals surface area contributed by atoms with Crippen molar-refractivity contribution in [3.8, 4) is 5.75 Å². The second-order valence-corrected chi connectivity index (χ2v) is 6.34. The number of hydrogen-bond acceptors (Lipinski definition) is 6. The number of aromatic nitrogens is 3. The Kier molecular flexibility index (Phi) is 5.80. The van der Waals surface area contributed by atoms with Gasteiger partial charge in [-0.05, 0) is 44.5 Å². The maximum Gasteiger partial charge on any atom is 0.224 e. The number of ether oxygens (including phenoxy) is 1. The summed E-state index contributed by atoms with van der Waals surface area (Å²) < 4.78 is 5.19. The van der Waals surface area contributed by atoms with E-state index in [0.717, 1.165) is 28.0 Å². The van der Waals surface area contributed by atoms with E-state index in [-0.39, 0.29) is 5.91 Å². The Labute approximate surface area is 158 Å². The number of anilines is 2. The van der Waals surface area contributed by atoms with E-state index >= 15 is 0 Å². The molecule has 3 rings (SSSR count). The molecule has 7 nitrogen and oxygen atoms in total. The van der Waals surface area contributed by atoms with E-state index in [2.05, 4.69) is 25.6 Å². The number of benzene rings is 1. The van der Waals surface area contributed by atoms with Gasteiger partial charge < -0.3 is 15.4 Å². The molecule has 0 aliphatic rings. The number of amides is 1. The highest BCUT2D eigenvalue weighted by Crippen LogP contribution is 2.21. The largest absolute Gasteiger partial charge is 0.497 e. The van der Waals surface area contributed by atoms with Crippen molar-refractivity contribution in [2.45, 2.75) is 26.7 Å². The smallest absolute Gasteiger partial charge is 0.224 e. The van der Waals surface area contributed by atoms with E-state index in [0.29, 0.717) is 31.0 Å². The average molecular weight is 365 g/mol. The van der Waals surface area contributed by atoms with Crippen molar-refractivity contribution in [2.75, 3.05) is 24.3 Å². The van der Waals surface area contributed by atoms with Crippen molar-refractivity contribution in [1.82, 2.24) is 15.0 Å². The summed E-state index contributed by atoms with van der Waals surface area (Å²) >= 11 is 0. The average Bonchev–Trinajstić information content (AvgIpc) is 2.64. The topological polar surface area (TPSA) is 89.0 Å². The van der Waals surface area contributed by atoms with E-state index in [1.54, 1.807) is 13.3 Å². The Morgan fingerprint density at radius 3 is 2.63 bits per heavy atom. The SMILES string of the molecule is COc1ccc2cc(NC(=O)CCCNc3nc(C)cc(C)n3)cnc2c1. The number of fused-ring (bicyclic) bond motifs is 1. The number of carbonyl (C=O) groups excluding carboxylic acids is 1. The molecule has 0 saturated heterocycles. The number of nitrogens with one attached hydrogen (secondary N) is 2. The van der Waals surface area contributed by atoms with Crippen LogP contribution in [0.5, 0.6) is 5.75 Å². The van der Waals surface area contributed by atoms with Gasteiger partial charge in [-0.3, -0.25) is 9.78 Å². The van der Waals surface area contributed by atoms with Gasteiger partial charge in [0, 0.05) is 35.8 Å². The highest BCUT2D eigenvalue weighted by Gasteiger charge is 2.05. The lowest BCUT2D eigenvalue weighted by Crippen LogP contribution is -2.14. The monoisotopic (exact) mass is 365 g/mol. The third kappa shape index (κ3) is 5.13. The Morgan fingerprint density at radius 1 is 1.11 bits per heavy atom. The van der Waals surface area contributed by atoms with Crippen molar-refractivity contribution >= 4 is 28.4 Å². The van der Waals surface area contributed by atoms with Gasteiger partial charge in [0.2, 0.25) is 11.9 Å². The molecule has 1 aromatic carbocycles. The molecule has 0 atom stereocenters. The van der Waals surface area contributed by atoms with E-state index in [1.165, 1.54) is 0 Å². The normalized spacial score (nSPS) is 10.6. The van der Waals surface area contributed by atoms with Crippen LogP contribution in [0.1, 0.15) is 24.2 Å². The van der Waals surface area contributed by atoms with Gasteiger partial charge in [-0.2, -0.15) is 0 Å². The fraction of sp³-hybridized carbons (Fsp3) is 0.300. The number of hydrogen-bond donors (Lipinski definition) is 2. The fourth-order valence-electron chi connectivity index (χ4n) is 2.77. The van der Waals surface area contributed by atoms with Gasteiger partial charge in [-0.1, -0.05) is 0 Å². The predicted octanol–water partition coefficient (Wildman–Crippen LogP) is 3.48. The maximum atomic E-state index is 12.2. The number of methoxy groups -OCH3 is 1. The fourth-order valence-corrected chi connectivity index (χ4v) is 2.77. The molecular weight excluding hydrogens is 342 g/mol. The lowest BCUT2D eigenvalue weighted by atomic mass is 10.2. The van der Waals surface area contributed by atoms with Crippen LogP contribution in [0.15, 0.2) is 36.5 Å². The Morgan fingerprint density at radius 2 is 1.89 bits per heavy atom. The number of aryl methyl sites for hydroxylation is 2. The van der Waals surface area contributed by atoms with Gasteiger partial charge in [-0.25, -0.2) is 9.97 Å². The molecule has 1 amide bonds. The van der Waals surface area contributed by atoms with Gasteiger partial charge in [0.1, 0.15) is 5.75 Å². The Balaban J connectivity index is 1.49. The summed E-state index contributed by atoms with van der Waals surface area (Å²) in [6.45, 7) is 4.49. The zero-order valence-corrected chi connectivity index (χ0v) is 15.7. The quantitative estimate of drug-likeness (QED) is 0.623. The van der Waals surface area contributed by atoms with Gasteiger partial charge in [0.15, 0.2) is 0 Å². The van der Waals surface area contributed by atoms with Crippen LogP contribution >= 0.6 is 0 Å². The molecule has 3 aromatic rings. The lowest BCUT2D eigenvalue weighted by molar-refractivity contribution is -0.116. The van der Waals surface area contributed by atoms with Crippen LogP contribution in [0.4, 0.5) is 11.6 Å². The van der Waals surface area contributed by atoms with E-state index in [9.17, 15) is 4.79 Å². The Bertz CT molecular complexity index is 938. The first-order valence-electron chi connectivity index (χ1n) is 8.83. The summed E-state index contributed by atoms with van der Waals surface area (Å²) in [5, 5.41) is 6.99. The second kappa shape index (κ2) is 8.44. The van der Waals surface area contributed by atoms with Gasteiger partial charge >= 0.3 is 0 Å². The summed E-state index contributed by atoms with van der Waals surface area (Å²) in [7, 11) is 1.62. The molecule has 0 aliphatic heterocycles. The minimum atomic E-state index is -0.0483. The minimum absolute atomic E-state index is 0.0483. The molecule has 0 aliphatic carbocycles. The molecule has 27 heavy (non-hydrogen) atoms. The molecule has 0 radical (unpaired) electrons. The first-order chi connectivity index (χ1) is 13.0. The number of nitrogens with zero attached hydrogens (tertiary/aromatic N) is 3. The molecule has 0 bridgehead atoms. The third-order valence-corrected chi connectivity index (χ3v) is 4.02. The second-order valence-electron chi connectivity index (χ2n) is 6.34. The van der Waals surface area contributed by atoms with Crippen LogP contribution in [-0.4, -0.2) is 34.5 Å². The molecular formula is C20H23N5O2. The third-order valence-electron chi connectivity index (χ3n) is 4.02. The molecule has 2 aromatic heterocycles. The molecule has 2 heterocycles. The molecule has 140 valence electrons. The number of pyridine rings is 1. The minimum Gasteiger partial charge on any atom is -0.497 e. The van der Waals surface area contributed by atoms with Crippen molar-refractivity contribution in [3.05, 3.63) is 47.9 Å². The van der Waals surface area contributed by atoms with Crippen LogP contribution in [0.2, 0.25) is 0 Å². The van der Waals surface area contributed by atoms with Crippen molar-refractivity contribution in [1.29, 1.82) is 0 Å². The highest BCUT2D eigenvalue weighted by molar-refractivity contribution is 5.93. The van der Waals surface area contributed by atoms with Crippen molar-refractivity contribution in [2.24, 2.45) is 0 Å². The maximum absolute atomic E-state index is 12.2. The molecule has 0 unspecified atom stereocenters. The van der Waals surface area contributed by atoms with E-state index in [1.807, 2.05) is 44.2 Å². The van der Waals surface area contributed by atoms with E-state index in [4.69, 9.17) is 4.74 Å². The van der Waals surface area contributed by atoms with Crippen LogP contribution in [0.3, 0.4) is 0 Å². The summed E-state index contributed by atoms with van der Waals surface area (Å²) in [6.07, 6.45) is 2.74. The van der Waals surface area contributed by atoms with Gasteiger partial charge in [-0.15, -0.1) is 0 Å². The first kappa shape index (κ1) is 18.6.